The number of hydrogen-bond acceptors (Lipinski definition) is 3. The maximum absolute atomic E-state index is 13.0. The molecule has 0 radical (unpaired) electrons. The number of para-hydroxylation sites is 2. The zero-order valence-electron chi connectivity index (χ0n) is 15.6. The Morgan fingerprint density at radius 1 is 0.923 bits per heavy atom. The maximum atomic E-state index is 13.0. The first-order valence-corrected chi connectivity index (χ1v) is 10.4. The topological polar surface area (TPSA) is 49.4 Å². The average molecular weight is 354 g/mol. The van der Waals surface area contributed by atoms with Gasteiger partial charge in [-0.1, -0.05) is 31.4 Å². The summed E-state index contributed by atoms with van der Waals surface area (Å²) < 4.78 is 0. The van der Waals surface area contributed by atoms with Gasteiger partial charge in [-0.2, -0.15) is 0 Å². The molecule has 1 aromatic rings. The molecule has 1 heterocycles. The van der Waals surface area contributed by atoms with Crippen molar-refractivity contribution >= 4 is 23.1 Å². The number of hydrogen-bond donors (Lipinski definition) is 1. The van der Waals surface area contributed by atoms with Crippen LogP contribution in [0.25, 0.3) is 0 Å². The Labute approximate surface area is 156 Å². The predicted octanol–water partition coefficient (Wildman–Crippen LogP) is 4.40. The molecule has 1 amide bonds. The summed E-state index contributed by atoms with van der Waals surface area (Å²) in [6.07, 6.45) is 9.61. The van der Waals surface area contributed by atoms with Crippen LogP contribution in [0.2, 0.25) is 0 Å². The van der Waals surface area contributed by atoms with Crippen molar-refractivity contribution in [3.8, 4) is 0 Å². The molecule has 0 aromatic heterocycles. The summed E-state index contributed by atoms with van der Waals surface area (Å²) in [5, 5.41) is 3.21. The fourth-order valence-electron chi connectivity index (χ4n) is 5.10. The molecule has 2 saturated carbocycles. The molecule has 1 aliphatic heterocycles. The van der Waals surface area contributed by atoms with Crippen LogP contribution in [0.3, 0.4) is 0 Å². The van der Waals surface area contributed by atoms with E-state index in [0.29, 0.717) is 5.78 Å². The molecule has 2 aliphatic carbocycles. The Bertz CT molecular complexity index is 648. The first-order valence-electron chi connectivity index (χ1n) is 10.4. The van der Waals surface area contributed by atoms with Crippen molar-refractivity contribution in [3.05, 3.63) is 24.3 Å². The highest BCUT2D eigenvalue weighted by atomic mass is 16.2. The van der Waals surface area contributed by atoms with Crippen LogP contribution in [0.1, 0.15) is 57.8 Å². The minimum atomic E-state index is -0.0137. The second-order valence-corrected chi connectivity index (χ2v) is 8.30. The Kier molecular flexibility index (Phi) is 5.28. The Morgan fingerprint density at radius 3 is 2.27 bits per heavy atom. The lowest BCUT2D eigenvalue weighted by molar-refractivity contribution is -0.136. The maximum Gasteiger partial charge on any atom is 0.227 e. The fourth-order valence-corrected chi connectivity index (χ4v) is 5.10. The van der Waals surface area contributed by atoms with Crippen LogP contribution in [-0.4, -0.2) is 24.8 Å². The molecule has 0 spiro atoms. The van der Waals surface area contributed by atoms with E-state index in [0.717, 1.165) is 56.6 Å². The van der Waals surface area contributed by atoms with Gasteiger partial charge in [0.05, 0.1) is 11.4 Å². The molecular weight excluding hydrogens is 324 g/mol. The van der Waals surface area contributed by atoms with E-state index in [4.69, 9.17) is 0 Å². The van der Waals surface area contributed by atoms with Gasteiger partial charge >= 0.3 is 0 Å². The quantitative estimate of drug-likeness (QED) is 0.875. The lowest BCUT2D eigenvalue weighted by Gasteiger charge is -2.37. The highest BCUT2D eigenvalue weighted by Gasteiger charge is 2.41. The highest BCUT2D eigenvalue weighted by Crippen LogP contribution is 2.40. The molecule has 4 heteroatoms. The number of ketones is 1. The summed E-state index contributed by atoms with van der Waals surface area (Å²) in [6.45, 7) is 2.13. The summed E-state index contributed by atoms with van der Waals surface area (Å²) >= 11 is 0. The lowest BCUT2D eigenvalue weighted by atomic mass is 9.67. The molecule has 3 aliphatic rings. The monoisotopic (exact) mass is 354 g/mol. The number of Topliss-reactive ketones (excluding diaryl/α,β-unsaturated/α-hetero) is 1. The molecule has 3 fully saturated rings. The van der Waals surface area contributed by atoms with Gasteiger partial charge in [-0.3, -0.25) is 9.59 Å². The molecule has 2 atom stereocenters. The van der Waals surface area contributed by atoms with Gasteiger partial charge in [0.25, 0.3) is 0 Å². The van der Waals surface area contributed by atoms with E-state index in [1.807, 2.05) is 12.1 Å². The second kappa shape index (κ2) is 7.81. The van der Waals surface area contributed by atoms with E-state index in [-0.39, 0.29) is 23.7 Å². The van der Waals surface area contributed by atoms with Gasteiger partial charge < -0.3 is 10.2 Å². The minimum Gasteiger partial charge on any atom is -0.370 e. The van der Waals surface area contributed by atoms with E-state index < -0.39 is 0 Å². The van der Waals surface area contributed by atoms with E-state index >= 15 is 0 Å². The van der Waals surface area contributed by atoms with Crippen molar-refractivity contribution in [3.63, 3.8) is 0 Å². The molecule has 4 nitrogen and oxygen atoms in total. The van der Waals surface area contributed by atoms with Crippen LogP contribution in [-0.2, 0) is 9.59 Å². The van der Waals surface area contributed by atoms with Crippen molar-refractivity contribution in [1.29, 1.82) is 0 Å². The second-order valence-electron chi connectivity index (χ2n) is 8.30. The number of rotatable bonds is 3. The number of carbonyl (C=O) groups is 2. The zero-order valence-corrected chi connectivity index (χ0v) is 15.6. The summed E-state index contributed by atoms with van der Waals surface area (Å²) in [5.74, 6) is 0.764. The largest absolute Gasteiger partial charge is 0.370 e. The third kappa shape index (κ3) is 3.65. The normalized spacial score (nSPS) is 29.2. The van der Waals surface area contributed by atoms with Crippen LogP contribution < -0.4 is 10.2 Å². The Morgan fingerprint density at radius 2 is 1.58 bits per heavy atom. The fraction of sp³-hybridized carbons (Fsp3) is 0.636. The van der Waals surface area contributed by atoms with Crippen molar-refractivity contribution in [2.75, 3.05) is 23.3 Å². The van der Waals surface area contributed by atoms with Crippen LogP contribution in [0, 0.1) is 17.8 Å². The molecule has 1 N–H and O–H groups in total. The number of anilines is 2. The Balaban J connectivity index is 1.47. The van der Waals surface area contributed by atoms with Crippen LogP contribution in [0.4, 0.5) is 11.4 Å². The van der Waals surface area contributed by atoms with Gasteiger partial charge in [0, 0.05) is 30.8 Å². The molecule has 2 unspecified atom stereocenters. The summed E-state index contributed by atoms with van der Waals surface area (Å²) in [4.78, 5) is 27.7. The summed E-state index contributed by atoms with van der Waals surface area (Å²) in [5.41, 5.74) is 2.08. The predicted molar refractivity (Wildman–Crippen MR) is 104 cm³/mol. The van der Waals surface area contributed by atoms with Crippen LogP contribution in [0.5, 0.6) is 0 Å². The minimum absolute atomic E-state index is 0.0137. The summed E-state index contributed by atoms with van der Waals surface area (Å²) in [7, 11) is 0. The Hall–Kier alpha value is -1.84. The van der Waals surface area contributed by atoms with E-state index in [1.165, 1.54) is 25.7 Å². The van der Waals surface area contributed by atoms with Crippen molar-refractivity contribution in [2.45, 2.75) is 57.8 Å². The lowest BCUT2D eigenvalue weighted by Crippen LogP contribution is -2.40. The van der Waals surface area contributed by atoms with E-state index in [9.17, 15) is 9.59 Å². The SMILES string of the molecule is O=C(Nc1ccccc1N1CCCCCC1)C1CC2CCCC(C1)C2=O. The number of nitrogens with one attached hydrogen (secondary N) is 1. The molecule has 1 aromatic carbocycles. The molecule has 140 valence electrons. The van der Waals surface area contributed by atoms with Crippen molar-refractivity contribution < 1.29 is 9.59 Å². The van der Waals surface area contributed by atoms with Gasteiger partial charge in [0.15, 0.2) is 0 Å². The van der Waals surface area contributed by atoms with Gasteiger partial charge in [-0.25, -0.2) is 0 Å². The molecule has 1 saturated heterocycles. The number of carbonyl (C=O) groups excluding carboxylic acids is 2. The van der Waals surface area contributed by atoms with Gasteiger partial charge in [-0.15, -0.1) is 0 Å². The van der Waals surface area contributed by atoms with Gasteiger partial charge in [0.2, 0.25) is 5.91 Å². The van der Waals surface area contributed by atoms with Crippen LogP contribution in [0.15, 0.2) is 24.3 Å². The molecule has 4 rings (SSSR count). The van der Waals surface area contributed by atoms with Gasteiger partial charge in [0.1, 0.15) is 5.78 Å². The number of benzene rings is 1. The first-order chi connectivity index (χ1) is 12.7. The van der Waals surface area contributed by atoms with Crippen molar-refractivity contribution in [2.24, 2.45) is 17.8 Å². The standard InChI is InChI=1S/C22H30N2O2/c25-21-16-8-7-9-17(21)15-18(14-16)22(26)23-19-10-3-4-11-20(19)24-12-5-1-2-6-13-24/h3-4,10-11,16-18H,1-2,5-9,12-15H2,(H,23,26). The van der Waals surface area contributed by atoms with E-state index in [2.05, 4.69) is 22.3 Å². The van der Waals surface area contributed by atoms with Gasteiger partial charge in [-0.05, 0) is 50.7 Å². The molecular formula is C22H30N2O2. The third-order valence-electron chi connectivity index (χ3n) is 6.53. The molecule has 26 heavy (non-hydrogen) atoms. The third-order valence-corrected chi connectivity index (χ3v) is 6.53. The average Bonchev–Trinajstić information content (AvgIpc) is 2.91. The van der Waals surface area contributed by atoms with Crippen molar-refractivity contribution in [1.82, 2.24) is 0 Å². The number of nitrogens with zero attached hydrogens (tertiary/aromatic N) is 1. The zero-order chi connectivity index (χ0) is 17.9. The number of amides is 1. The van der Waals surface area contributed by atoms with Crippen LogP contribution >= 0.6 is 0 Å². The first kappa shape index (κ1) is 17.6. The smallest absolute Gasteiger partial charge is 0.227 e. The summed E-state index contributed by atoms with van der Waals surface area (Å²) in [6, 6.07) is 8.20. The van der Waals surface area contributed by atoms with E-state index in [1.54, 1.807) is 0 Å². The number of fused-ring (bicyclic) bond motifs is 2. The molecule has 2 bridgehead atoms. The highest BCUT2D eigenvalue weighted by molar-refractivity contribution is 5.97.